The largest absolute Gasteiger partial charge is 0.481 e. The van der Waals surface area contributed by atoms with Crippen LogP contribution in [0.2, 0.25) is 0 Å². The number of carboxylic acid groups (broad SMARTS) is 1. The van der Waals surface area contributed by atoms with Gasteiger partial charge >= 0.3 is 11.9 Å². The number of hydrogen-bond donors (Lipinski definition) is 3. The molecule has 0 spiro atoms. The number of hydrazine groups is 1. The summed E-state index contributed by atoms with van der Waals surface area (Å²) in [5.74, 6) is -4.99. The quantitative estimate of drug-likeness (QED) is 0.273. The van der Waals surface area contributed by atoms with Crippen molar-refractivity contribution in [3.05, 3.63) is 60.2 Å². The van der Waals surface area contributed by atoms with Crippen molar-refractivity contribution < 1.29 is 51.8 Å². The Morgan fingerprint density at radius 3 is 2.40 bits per heavy atom. The van der Waals surface area contributed by atoms with Gasteiger partial charge in [0.05, 0.1) is 12.7 Å². The number of benzene rings is 2. The predicted octanol–water partition coefficient (Wildman–Crippen LogP) is 0.611. The van der Waals surface area contributed by atoms with Crippen LogP contribution in [-0.4, -0.2) is 96.5 Å². The fourth-order valence-corrected chi connectivity index (χ4v) is 5.72. The fourth-order valence-electron chi connectivity index (χ4n) is 4.98. The molecule has 2 heterocycles. The van der Waals surface area contributed by atoms with Crippen molar-refractivity contribution in [2.24, 2.45) is 0 Å². The first-order valence-electron chi connectivity index (χ1n) is 14.0. The predicted molar refractivity (Wildman–Crippen MR) is 155 cm³/mol. The van der Waals surface area contributed by atoms with E-state index < -0.39 is 76.6 Å². The van der Waals surface area contributed by atoms with Crippen molar-refractivity contribution in [1.82, 2.24) is 20.1 Å². The van der Waals surface area contributed by atoms with E-state index in [-0.39, 0.29) is 37.1 Å². The SMILES string of the molecule is CS(=O)(=O)N[C@H]1CCC(=O)N2CCC[C@@H](C(=O)N[C@@H](CC(=O)O)C(=O)COC(=O)c3ccccc3Oc3ccccc3)N2C1=O. The third kappa shape index (κ3) is 8.63. The number of sulfonamides is 1. The van der Waals surface area contributed by atoms with Gasteiger partial charge in [-0.05, 0) is 43.5 Å². The summed E-state index contributed by atoms with van der Waals surface area (Å²) in [5.41, 5.74) is -0.00290. The third-order valence-electron chi connectivity index (χ3n) is 7.03. The van der Waals surface area contributed by atoms with Crippen molar-refractivity contribution in [2.75, 3.05) is 19.4 Å². The number of ketones is 1. The summed E-state index contributed by atoms with van der Waals surface area (Å²) < 4.78 is 36.8. The van der Waals surface area contributed by atoms with E-state index >= 15 is 0 Å². The van der Waals surface area contributed by atoms with Crippen molar-refractivity contribution in [3.63, 3.8) is 0 Å². The lowest BCUT2D eigenvalue weighted by atomic mass is 10.0. The molecule has 0 saturated carbocycles. The molecule has 3 atom stereocenters. The van der Waals surface area contributed by atoms with Gasteiger partial charge in [-0.3, -0.25) is 29.0 Å². The Labute approximate surface area is 258 Å². The number of hydrogen-bond acceptors (Lipinski definition) is 10. The van der Waals surface area contributed by atoms with Crippen LogP contribution in [0.5, 0.6) is 11.5 Å². The molecule has 15 nitrogen and oxygen atoms in total. The van der Waals surface area contributed by atoms with E-state index in [2.05, 4.69) is 10.0 Å². The second-order valence-electron chi connectivity index (χ2n) is 10.5. The maximum atomic E-state index is 13.4. The van der Waals surface area contributed by atoms with Gasteiger partial charge < -0.3 is 19.9 Å². The first kappa shape index (κ1) is 33.1. The molecule has 16 heteroatoms. The molecule has 2 aliphatic rings. The first-order valence-corrected chi connectivity index (χ1v) is 15.9. The molecule has 0 bridgehead atoms. The highest BCUT2D eigenvalue weighted by Crippen LogP contribution is 2.27. The lowest BCUT2D eigenvalue weighted by molar-refractivity contribution is -0.176. The smallest absolute Gasteiger partial charge is 0.342 e. The second-order valence-corrected chi connectivity index (χ2v) is 12.2. The minimum absolute atomic E-state index is 0.00290. The van der Waals surface area contributed by atoms with Crippen LogP contribution in [0.4, 0.5) is 0 Å². The number of amides is 3. The Bertz CT molecular complexity index is 1580. The number of Topliss-reactive ketones (excluding diaryl/α,β-unsaturated/α-hetero) is 1. The van der Waals surface area contributed by atoms with E-state index in [1.807, 2.05) is 0 Å². The number of aliphatic carboxylic acids is 1. The van der Waals surface area contributed by atoms with E-state index in [1.165, 1.54) is 12.1 Å². The Morgan fingerprint density at radius 2 is 1.71 bits per heavy atom. The lowest BCUT2D eigenvalue weighted by Gasteiger charge is -2.43. The third-order valence-corrected chi connectivity index (χ3v) is 7.74. The molecule has 3 amide bonds. The van der Waals surface area contributed by atoms with Crippen LogP contribution >= 0.6 is 0 Å². The van der Waals surface area contributed by atoms with Crippen LogP contribution in [0.1, 0.15) is 42.5 Å². The van der Waals surface area contributed by atoms with Crippen LogP contribution in [0, 0.1) is 0 Å². The minimum Gasteiger partial charge on any atom is -0.481 e. The first-order chi connectivity index (χ1) is 21.3. The number of nitrogens with one attached hydrogen (secondary N) is 2. The van der Waals surface area contributed by atoms with Crippen LogP contribution in [0.15, 0.2) is 54.6 Å². The van der Waals surface area contributed by atoms with E-state index in [4.69, 9.17) is 9.47 Å². The fraction of sp³-hybridized carbons (Fsp3) is 0.379. The summed E-state index contributed by atoms with van der Waals surface area (Å²) in [7, 11) is -3.85. The summed E-state index contributed by atoms with van der Waals surface area (Å²) >= 11 is 0. The standard InChI is InChI=1S/C29H32N4O11S/c1-45(41,42)31-20-13-14-25(35)32-15-7-11-22(33(32)28(20)39)27(38)30-21(16-26(36)37)23(34)17-43-29(40)19-10-5-6-12-24(19)44-18-8-3-2-4-9-18/h2-6,8-10,12,20-22,31H,7,11,13-17H2,1H3,(H,30,38)(H,36,37)/t20-,21-,22-/m0/s1. The average Bonchev–Trinajstić information content (AvgIpc) is 3.11. The molecule has 240 valence electrons. The van der Waals surface area contributed by atoms with Crippen LogP contribution in [0.3, 0.4) is 0 Å². The molecule has 0 aromatic heterocycles. The molecule has 2 aromatic carbocycles. The van der Waals surface area contributed by atoms with Gasteiger partial charge in [0.15, 0.2) is 12.4 Å². The number of carbonyl (C=O) groups excluding carboxylic acids is 5. The van der Waals surface area contributed by atoms with Crippen molar-refractivity contribution in [1.29, 1.82) is 0 Å². The Kier molecular flexibility index (Phi) is 10.5. The zero-order valence-corrected chi connectivity index (χ0v) is 25.0. The molecule has 45 heavy (non-hydrogen) atoms. The molecule has 4 rings (SSSR count). The molecule has 3 N–H and O–H groups in total. The van der Waals surface area contributed by atoms with Gasteiger partial charge in [0, 0.05) is 13.0 Å². The van der Waals surface area contributed by atoms with Crippen molar-refractivity contribution in [2.45, 2.75) is 50.2 Å². The molecule has 2 fully saturated rings. The van der Waals surface area contributed by atoms with Gasteiger partial charge in [-0.25, -0.2) is 22.9 Å². The maximum absolute atomic E-state index is 13.4. The molecule has 0 radical (unpaired) electrons. The van der Waals surface area contributed by atoms with Gasteiger partial charge in [0.1, 0.15) is 35.2 Å². The van der Waals surface area contributed by atoms with Crippen LogP contribution in [-0.2, 0) is 38.7 Å². The topological polar surface area (TPSA) is 206 Å². The maximum Gasteiger partial charge on any atom is 0.342 e. The Morgan fingerprint density at radius 1 is 1.02 bits per heavy atom. The second kappa shape index (κ2) is 14.3. The van der Waals surface area contributed by atoms with Gasteiger partial charge in [-0.2, -0.15) is 0 Å². The van der Waals surface area contributed by atoms with Gasteiger partial charge in [0.2, 0.25) is 21.8 Å². The summed E-state index contributed by atoms with van der Waals surface area (Å²) in [6, 6.07) is 10.4. The summed E-state index contributed by atoms with van der Waals surface area (Å²) in [6.07, 6.45) is 0.0593. The van der Waals surface area contributed by atoms with Gasteiger partial charge in [0.25, 0.3) is 5.91 Å². The molecule has 2 aliphatic heterocycles. The average molecular weight is 645 g/mol. The summed E-state index contributed by atoms with van der Waals surface area (Å²) in [4.78, 5) is 77.1. The number of rotatable bonds is 12. The van der Waals surface area contributed by atoms with E-state index in [1.54, 1.807) is 42.5 Å². The number of carboxylic acids is 1. The molecule has 0 unspecified atom stereocenters. The number of para-hydroxylation sites is 2. The summed E-state index contributed by atoms with van der Waals surface area (Å²) in [5, 5.41) is 13.7. The molecular weight excluding hydrogens is 612 g/mol. The number of fused-ring (bicyclic) bond motifs is 1. The minimum atomic E-state index is -3.85. The zero-order chi connectivity index (χ0) is 32.7. The van der Waals surface area contributed by atoms with E-state index in [0.29, 0.717) is 12.2 Å². The van der Waals surface area contributed by atoms with E-state index in [0.717, 1.165) is 16.3 Å². The Hall–Kier alpha value is -4.83. The highest BCUT2D eigenvalue weighted by molar-refractivity contribution is 7.88. The molecule has 2 saturated heterocycles. The van der Waals surface area contributed by atoms with Crippen molar-refractivity contribution >= 4 is 45.5 Å². The molecule has 0 aliphatic carbocycles. The number of carbonyl (C=O) groups is 6. The number of ether oxygens (including phenoxy) is 2. The van der Waals surface area contributed by atoms with Gasteiger partial charge in [-0.15, -0.1) is 0 Å². The van der Waals surface area contributed by atoms with Gasteiger partial charge in [-0.1, -0.05) is 30.3 Å². The lowest BCUT2D eigenvalue weighted by Crippen LogP contribution is -2.64. The molecule has 2 aromatic rings. The number of esters is 1. The summed E-state index contributed by atoms with van der Waals surface area (Å²) in [6.45, 7) is -0.794. The normalized spacial score (nSPS) is 19.1. The van der Waals surface area contributed by atoms with Crippen molar-refractivity contribution in [3.8, 4) is 11.5 Å². The zero-order valence-electron chi connectivity index (χ0n) is 24.2. The van der Waals surface area contributed by atoms with Crippen LogP contribution < -0.4 is 14.8 Å². The highest BCUT2D eigenvalue weighted by Gasteiger charge is 2.45. The highest BCUT2D eigenvalue weighted by atomic mass is 32.2. The molecular formula is C29H32N4O11S. The number of nitrogens with zero attached hydrogens (tertiary/aromatic N) is 2. The van der Waals surface area contributed by atoms with Crippen LogP contribution in [0.25, 0.3) is 0 Å². The Balaban J connectivity index is 1.47. The van der Waals surface area contributed by atoms with E-state index in [9.17, 15) is 42.3 Å². The monoisotopic (exact) mass is 644 g/mol.